The molecule has 5 nitrogen and oxygen atoms in total. The molecule has 0 radical (unpaired) electrons. The average molecular weight is 402 g/mol. The molecule has 3 rings (SSSR count). The van der Waals surface area contributed by atoms with Crippen molar-refractivity contribution in [3.63, 3.8) is 0 Å². The molecular weight excluding hydrogens is 375 g/mol. The number of ether oxygens (including phenoxy) is 3. The second-order valence-electron chi connectivity index (χ2n) is 8.15. The monoisotopic (exact) mass is 402 g/mol. The van der Waals surface area contributed by atoms with Gasteiger partial charge in [0, 0.05) is 6.42 Å². The highest BCUT2D eigenvalue weighted by Gasteiger charge is 2.45. The van der Waals surface area contributed by atoms with E-state index >= 15 is 0 Å². The number of carbonyl (C=O) groups excluding carboxylic acids is 2. The molecule has 0 aromatic heterocycles. The van der Waals surface area contributed by atoms with Crippen LogP contribution in [-0.2, 0) is 19.0 Å². The highest BCUT2D eigenvalue weighted by Crippen LogP contribution is 2.33. The number of rotatable bonds is 0. The molecule has 0 unspecified atom stereocenters. The fraction of sp³-hybridized carbons (Fsp3) is 0.478. The molecule has 0 bridgehead atoms. The molecule has 0 saturated carbocycles. The smallest absolute Gasteiger partial charge is 0.339 e. The molecule has 1 aromatic rings. The number of hydrogen-bond acceptors (Lipinski definition) is 5. The van der Waals surface area contributed by atoms with Crippen LogP contribution >= 0.6 is 0 Å². The topological polar surface area (TPSA) is 61.8 Å². The standard InChI is InChI=1S/C23H27FO5/c1-13-11-14(2)19-16(12-13)7-6-8-18-21(29-23(4,5)28-18)20(25)17(24)10-9-15(3)27-22(19)26/h6-7,10-12,15,18,21H,8-9H2,1-5H3/b7-6+,17-10+/t15-,18-,21-/m0/s1. The quantitative estimate of drug-likeness (QED) is 0.594. The second-order valence-corrected chi connectivity index (χ2v) is 8.15. The van der Waals surface area contributed by atoms with Crippen LogP contribution in [0.25, 0.3) is 6.08 Å². The second kappa shape index (κ2) is 8.20. The van der Waals surface area contributed by atoms with E-state index in [2.05, 4.69) is 0 Å². The van der Waals surface area contributed by atoms with Gasteiger partial charge in [-0.25, -0.2) is 9.18 Å². The fourth-order valence-corrected chi connectivity index (χ4v) is 3.77. The maximum Gasteiger partial charge on any atom is 0.339 e. The van der Waals surface area contributed by atoms with Crippen molar-refractivity contribution in [2.24, 2.45) is 0 Å². The summed E-state index contributed by atoms with van der Waals surface area (Å²) in [5, 5.41) is 0. The number of benzene rings is 1. The van der Waals surface area contributed by atoms with Crippen molar-refractivity contribution in [1.82, 2.24) is 0 Å². The van der Waals surface area contributed by atoms with E-state index in [4.69, 9.17) is 14.2 Å². The van der Waals surface area contributed by atoms with Crippen LogP contribution in [-0.4, -0.2) is 35.9 Å². The van der Waals surface area contributed by atoms with E-state index in [0.29, 0.717) is 12.0 Å². The van der Waals surface area contributed by atoms with Gasteiger partial charge in [-0.15, -0.1) is 0 Å². The molecule has 1 saturated heterocycles. The van der Waals surface area contributed by atoms with Gasteiger partial charge in [-0.1, -0.05) is 29.8 Å². The molecule has 0 spiro atoms. The molecule has 0 amide bonds. The van der Waals surface area contributed by atoms with Gasteiger partial charge >= 0.3 is 5.97 Å². The minimum atomic E-state index is -1.02. The van der Waals surface area contributed by atoms with E-state index in [0.717, 1.165) is 22.8 Å². The van der Waals surface area contributed by atoms with Crippen molar-refractivity contribution in [2.45, 2.75) is 71.6 Å². The first-order valence-electron chi connectivity index (χ1n) is 9.81. The van der Waals surface area contributed by atoms with Gasteiger partial charge in [-0.3, -0.25) is 4.79 Å². The Morgan fingerprint density at radius 1 is 1.10 bits per heavy atom. The van der Waals surface area contributed by atoms with Gasteiger partial charge in [-0.05, 0) is 58.2 Å². The first-order chi connectivity index (χ1) is 13.6. The van der Waals surface area contributed by atoms with Crippen LogP contribution in [0.4, 0.5) is 4.39 Å². The number of cyclic esters (lactones) is 1. The number of Topliss-reactive ketones (excluding diaryl/α,β-unsaturated/α-hetero) is 1. The lowest BCUT2D eigenvalue weighted by atomic mass is 9.97. The molecule has 29 heavy (non-hydrogen) atoms. The Morgan fingerprint density at radius 2 is 1.83 bits per heavy atom. The van der Waals surface area contributed by atoms with Gasteiger partial charge in [0.05, 0.1) is 11.7 Å². The highest BCUT2D eigenvalue weighted by atomic mass is 19.1. The Hall–Kier alpha value is -2.31. The minimum absolute atomic E-state index is 0.0844. The van der Waals surface area contributed by atoms with Crippen LogP contribution in [0.5, 0.6) is 0 Å². The lowest BCUT2D eigenvalue weighted by Crippen LogP contribution is -2.32. The Morgan fingerprint density at radius 3 is 2.55 bits per heavy atom. The summed E-state index contributed by atoms with van der Waals surface area (Å²) >= 11 is 0. The van der Waals surface area contributed by atoms with E-state index in [1.54, 1.807) is 20.8 Å². The van der Waals surface area contributed by atoms with Crippen molar-refractivity contribution in [3.8, 4) is 0 Å². The number of hydrogen-bond donors (Lipinski definition) is 0. The van der Waals surface area contributed by atoms with Crippen molar-refractivity contribution in [2.75, 3.05) is 0 Å². The predicted octanol–water partition coefficient (Wildman–Crippen LogP) is 4.60. The van der Waals surface area contributed by atoms with Gasteiger partial charge in [0.25, 0.3) is 0 Å². The molecule has 0 aliphatic carbocycles. The third-order valence-corrected chi connectivity index (χ3v) is 4.99. The number of ketones is 1. The molecule has 156 valence electrons. The van der Waals surface area contributed by atoms with Crippen LogP contribution in [0, 0.1) is 13.8 Å². The molecular formula is C23H27FO5. The summed E-state index contributed by atoms with van der Waals surface area (Å²) in [5.41, 5.74) is 3.05. The van der Waals surface area contributed by atoms with E-state index in [9.17, 15) is 14.0 Å². The largest absolute Gasteiger partial charge is 0.459 e. The molecule has 2 heterocycles. The first-order valence-corrected chi connectivity index (χ1v) is 9.81. The Labute approximate surface area is 170 Å². The molecule has 1 fully saturated rings. The van der Waals surface area contributed by atoms with Crippen LogP contribution in [0.1, 0.15) is 60.7 Å². The third kappa shape index (κ3) is 4.82. The minimum Gasteiger partial charge on any atom is -0.459 e. The zero-order valence-corrected chi connectivity index (χ0v) is 17.5. The van der Waals surface area contributed by atoms with Crippen LogP contribution < -0.4 is 0 Å². The number of aryl methyl sites for hydroxylation is 2. The molecule has 3 atom stereocenters. The van der Waals surface area contributed by atoms with E-state index in [-0.39, 0.29) is 6.42 Å². The van der Waals surface area contributed by atoms with Crippen molar-refractivity contribution in [3.05, 3.63) is 52.4 Å². The van der Waals surface area contributed by atoms with Crippen molar-refractivity contribution in [1.29, 1.82) is 0 Å². The van der Waals surface area contributed by atoms with Gasteiger partial charge < -0.3 is 14.2 Å². The zero-order chi connectivity index (χ0) is 21.3. The third-order valence-electron chi connectivity index (χ3n) is 4.99. The van der Waals surface area contributed by atoms with Crippen LogP contribution in [0.3, 0.4) is 0 Å². The maximum absolute atomic E-state index is 14.5. The molecule has 2 aliphatic rings. The van der Waals surface area contributed by atoms with E-state index < -0.39 is 41.7 Å². The van der Waals surface area contributed by atoms with Gasteiger partial charge in [0.2, 0.25) is 5.78 Å². The number of carbonyl (C=O) groups is 2. The Balaban J connectivity index is 2.03. The summed E-state index contributed by atoms with van der Waals surface area (Å²) < 4.78 is 31.5. The van der Waals surface area contributed by atoms with Crippen molar-refractivity contribution < 1.29 is 28.2 Å². The lowest BCUT2D eigenvalue weighted by molar-refractivity contribution is -0.153. The van der Waals surface area contributed by atoms with Crippen LogP contribution in [0.15, 0.2) is 30.1 Å². The van der Waals surface area contributed by atoms with Crippen LogP contribution in [0.2, 0.25) is 0 Å². The van der Waals surface area contributed by atoms with Crippen molar-refractivity contribution >= 4 is 17.8 Å². The number of esters is 1. The fourth-order valence-electron chi connectivity index (χ4n) is 3.77. The Kier molecular flexibility index (Phi) is 6.05. The molecule has 0 N–H and O–H groups in total. The molecule has 2 aliphatic heterocycles. The van der Waals surface area contributed by atoms with E-state index in [1.165, 1.54) is 0 Å². The van der Waals surface area contributed by atoms with Gasteiger partial charge in [-0.2, -0.15) is 0 Å². The highest BCUT2D eigenvalue weighted by molar-refractivity contribution is 5.98. The Bertz CT molecular complexity index is 883. The SMILES string of the molecule is Cc1cc(C)c2c(c1)/C=C/C[C@@H]1OC(C)(C)O[C@@H]1C(=O)/C(F)=C\C[C@H](C)OC2=O. The molecule has 1 aromatic carbocycles. The summed E-state index contributed by atoms with van der Waals surface area (Å²) in [5.74, 6) is -3.11. The number of halogens is 1. The summed E-state index contributed by atoms with van der Waals surface area (Å²) in [6.07, 6.45) is 2.98. The normalized spacial score (nSPS) is 30.4. The summed E-state index contributed by atoms with van der Waals surface area (Å²) in [6.45, 7) is 8.88. The lowest BCUT2D eigenvalue weighted by Gasteiger charge is -2.17. The summed E-state index contributed by atoms with van der Waals surface area (Å²) in [4.78, 5) is 25.3. The first kappa shape index (κ1) is 21.4. The van der Waals surface area contributed by atoms with Gasteiger partial charge in [0.15, 0.2) is 17.7 Å². The summed E-state index contributed by atoms with van der Waals surface area (Å²) in [7, 11) is 0. The number of fused-ring (bicyclic) bond motifs is 2. The van der Waals surface area contributed by atoms with Gasteiger partial charge in [0.1, 0.15) is 6.10 Å². The predicted molar refractivity (Wildman–Crippen MR) is 107 cm³/mol. The van der Waals surface area contributed by atoms with E-state index in [1.807, 2.05) is 38.1 Å². The molecule has 6 heteroatoms. The summed E-state index contributed by atoms with van der Waals surface area (Å²) in [6, 6.07) is 3.83. The maximum atomic E-state index is 14.5. The zero-order valence-electron chi connectivity index (χ0n) is 17.5. The average Bonchev–Trinajstić information content (AvgIpc) is 2.92.